The molecule has 0 atom stereocenters. The highest BCUT2D eigenvalue weighted by Gasteiger charge is 2.27. The number of carboxylic acid groups (broad SMARTS) is 1. The Morgan fingerprint density at radius 1 is 1.37 bits per heavy atom. The summed E-state index contributed by atoms with van der Waals surface area (Å²) in [6, 6.07) is 5.94. The van der Waals surface area contributed by atoms with Gasteiger partial charge in [0, 0.05) is 24.6 Å². The largest absolute Gasteiger partial charge is 0.481 e. The van der Waals surface area contributed by atoms with Gasteiger partial charge >= 0.3 is 5.97 Å². The van der Waals surface area contributed by atoms with Crippen molar-refractivity contribution in [3.8, 4) is 0 Å². The summed E-state index contributed by atoms with van der Waals surface area (Å²) in [6.45, 7) is 3.82. The van der Waals surface area contributed by atoms with E-state index in [4.69, 9.17) is 5.11 Å². The lowest BCUT2D eigenvalue weighted by Gasteiger charge is -2.29. The molecule has 0 saturated carbocycles. The highest BCUT2D eigenvalue weighted by atomic mass is 16.4. The SMILES string of the molecule is CN1C(=O)CCc2ccc(C(C)(C)CC(=O)O)cc21. The minimum Gasteiger partial charge on any atom is -0.481 e. The minimum atomic E-state index is -0.813. The zero-order valence-electron chi connectivity index (χ0n) is 11.6. The van der Waals surface area contributed by atoms with Crippen LogP contribution in [0, 0.1) is 0 Å². The number of aryl methyl sites for hydroxylation is 1. The highest BCUT2D eigenvalue weighted by Crippen LogP contribution is 2.34. The number of carboxylic acids is 1. The molecule has 1 heterocycles. The Morgan fingerprint density at radius 2 is 2.05 bits per heavy atom. The molecule has 1 amide bonds. The fourth-order valence-corrected chi connectivity index (χ4v) is 2.53. The van der Waals surface area contributed by atoms with E-state index in [9.17, 15) is 9.59 Å². The smallest absolute Gasteiger partial charge is 0.304 e. The van der Waals surface area contributed by atoms with Gasteiger partial charge in [0.2, 0.25) is 5.91 Å². The second-order valence-corrected chi connectivity index (χ2v) is 5.75. The van der Waals surface area contributed by atoms with E-state index >= 15 is 0 Å². The maximum Gasteiger partial charge on any atom is 0.304 e. The van der Waals surface area contributed by atoms with Crippen LogP contribution in [0.25, 0.3) is 0 Å². The van der Waals surface area contributed by atoms with Crippen molar-refractivity contribution in [1.82, 2.24) is 0 Å². The molecule has 0 saturated heterocycles. The van der Waals surface area contributed by atoms with Gasteiger partial charge in [-0.15, -0.1) is 0 Å². The van der Waals surface area contributed by atoms with Gasteiger partial charge in [0.05, 0.1) is 6.42 Å². The lowest BCUT2D eigenvalue weighted by atomic mass is 9.80. The van der Waals surface area contributed by atoms with Gasteiger partial charge in [0.25, 0.3) is 0 Å². The topological polar surface area (TPSA) is 57.6 Å². The Hall–Kier alpha value is -1.84. The molecule has 1 N–H and O–H groups in total. The Morgan fingerprint density at radius 3 is 2.68 bits per heavy atom. The predicted molar refractivity (Wildman–Crippen MR) is 73.5 cm³/mol. The quantitative estimate of drug-likeness (QED) is 0.908. The number of anilines is 1. The van der Waals surface area contributed by atoms with Crippen molar-refractivity contribution in [2.75, 3.05) is 11.9 Å². The standard InChI is InChI=1S/C15H19NO3/c1-15(2,9-14(18)19)11-6-4-10-5-7-13(17)16(3)12(10)8-11/h4,6,8H,5,7,9H2,1-3H3,(H,18,19). The number of fused-ring (bicyclic) bond motifs is 1. The van der Waals surface area contributed by atoms with E-state index in [0.717, 1.165) is 23.2 Å². The molecule has 0 unspecified atom stereocenters. The van der Waals surface area contributed by atoms with Crippen LogP contribution in [-0.4, -0.2) is 24.0 Å². The average molecular weight is 261 g/mol. The van der Waals surface area contributed by atoms with Crippen LogP contribution in [0.4, 0.5) is 5.69 Å². The first kappa shape index (κ1) is 13.6. The van der Waals surface area contributed by atoms with Gasteiger partial charge in [0.1, 0.15) is 0 Å². The zero-order valence-corrected chi connectivity index (χ0v) is 11.6. The van der Waals surface area contributed by atoms with E-state index in [1.165, 1.54) is 0 Å². The molecule has 0 fully saturated rings. The van der Waals surface area contributed by atoms with Gasteiger partial charge in [-0.2, -0.15) is 0 Å². The van der Waals surface area contributed by atoms with Crippen molar-refractivity contribution in [3.05, 3.63) is 29.3 Å². The molecule has 102 valence electrons. The third kappa shape index (κ3) is 2.62. The monoisotopic (exact) mass is 261 g/mol. The highest BCUT2D eigenvalue weighted by molar-refractivity contribution is 5.96. The molecule has 0 aromatic heterocycles. The first-order valence-corrected chi connectivity index (χ1v) is 6.43. The minimum absolute atomic E-state index is 0.0729. The Balaban J connectivity index is 2.40. The molecule has 1 aliphatic heterocycles. The van der Waals surface area contributed by atoms with Gasteiger partial charge in [-0.25, -0.2) is 0 Å². The van der Waals surface area contributed by atoms with E-state index in [1.807, 2.05) is 32.0 Å². The number of rotatable bonds is 3. The summed E-state index contributed by atoms with van der Waals surface area (Å²) >= 11 is 0. The van der Waals surface area contributed by atoms with Crippen LogP contribution in [-0.2, 0) is 21.4 Å². The van der Waals surface area contributed by atoms with Gasteiger partial charge in [-0.05, 0) is 23.6 Å². The Kier molecular flexibility index (Phi) is 3.35. The van der Waals surface area contributed by atoms with Crippen molar-refractivity contribution in [3.63, 3.8) is 0 Å². The summed E-state index contributed by atoms with van der Waals surface area (Å²) in [6.07, 6.45) is 1.38. The molecular weight excluding hydrogens is 242 g/mol. The first-order chi connectivity index (χ1) is 8.81. The molecule has 19 heavy (non-hydrogen) atoms. The van der Waals surface area contributed by atoms with Crippen LogP contribution in [0.5, 0.6) is 0 Å². The van der Waals surface area contributed by atoms with Gasteiger partial charge < -0.3 is 10.0 Å². The Bertz CT molecular complexity index is 534. The zero-order chi connectivity index (χ0) is 14.2. The first-order valence-electron chi connectivity index (χ1n) is 6.43. The van der Waals surface area contributed by atoms with E-state index in [0.29, 0.717) is 6.42 Å². The predicted octanol–water partition coefficient (Wildman–Crippen LogP) is 2.35. The van der Waals surface area contributed by atoms with Crippen molar-refractivity contribution < 1.29 is 14.7 Å². The lowest BCUT2D eigenvalue weighted by Crippen LogP contribution is -2.32. The second-order valence-electron chi connectivity index (χ2n) is 5.75. The Labute approximate surface area is 113 Å². The van der Waals surface area contributed by atoms with Crippen LogP contribution in [0.2, 0.25) is 0 Å². The second kappa shape index (κ2) is 4.68. The number of aliphatic carboxylic acids is 1. The average Bonchev–Trinajstić information content (AvgIpc) is 2.32. The van der Waals surface area contributed by atoms with E-state index in [1.54, 1.807) is 11.9 Å². The van der Waals surface area contributed by atoms with Crippen molar-refractivity contribution in [2.45, 2.75) is 38.5 Å². The van der Waals surface area contributed by atoms with Crippen molar-refractivity contribution in [2.24, 2.45) is 0 Å². The van der Waals surface area contributed by atoms with Crippen molar-refractivity contribution >= 4 is 17.6 Å². The molecule has 0 bridgehead atoms. The van der Waals surface area contributed by atoms with E-state index < -0.39 is 11.4 Å². The lowest BCUT2D eigenvalue weighted by molar-refractivity contribution is -0.138. The number of benzene rings is 1. The fraction of sp³-hybridized carbons (Fsp3) is 0.467. The molecule has 1 aromatic rings. The van der Waals surface area contributed by atoms with Crippen LogP contribution in [0.1, 0.15) is 37.8 Å². The summed E-state index contributed by atoms with van der Waals surface area (Å²) in [5, 5.41) is 8.98. The summed E-state index contributed by atoms with van der Waals surface area (Å²) in [5.41, 5.74) is 2.57. The summed E-state index contributed by atoms with van der Waals surface area (Å²) in [7, 11) is 1.77. The molecule has 4 heteroatoms. The van der Waals surface area contributed by atoms with Crippen LogP contribution >= 0.6 is 0 Å². The number of hydrogen-bond acceptors (Lipinski definition) is 2. The molecule has 4 nitrogen and oxygen atoms in total. The van der Waals surface area contributed by atoms with Crippen LogP contribution < -0.4 is 4.90 Å². The van der Waals surface area contributed by atoms with E-state index in [2.05, 4.69) is 0 Å². The molecule has 1 aromatic carbocycles. The van der Waals surface area contributed by atoms with Crippen LogP contribution in [0.3, 0.4) is 0 Å². The maximum absolute atomic E-state index is 11.7. The number of amides is 1. The van der Waals surface area contributed by atoms with Crippen LogP contribution in [0.15, 0.2) is 18.2 Å². The van der Waals surface area contributed by atoms with Gasteiger partial charge in [-0.1, -0.05) is 26.0 Å². The molecule has 0 aliphatic carbocycles. The summed E-state index contributed by atoms with van der Waals surface area (Å²) in [4.78, 5) is 24.3. The van der Waals surface area contributed by atoms with Gasteiger partial charge in [0.15, 0.2) is 0 Å². The number of carbonyl (C=O) groups excluding carboxylic acids is 1. The van der Waals surface area contributed by atoms with Gasteiger partial charge in [-0.3, -0.25) is 9.59 Å². The molecular formula is C15H19NO3. The number of hydrogen-bond donors (Lipinski definition) is 1. The molecule has 1 aliphatic rings. The molecule has 2 rings (SSSR count). The normalized spacial score (nSPS) is 15.3. The third-order valence-electron chi connectivity index (χ3n) is 3.80. The number of nitrogens with zero attached hydrogens (tertiary/aromatic N) is 1. The molecule has 0 spiro atoms. The summed E-state index contributed by atoms with van der Waals surface area (Å²) in [5.74, 6) is -0.701. The maximum atomic E-state index is 11.7. The third-order valence-corrected chi connectivity index (χ3v) is 3.80. The molecule has 0 radical (unpaired) electrons. The number of carbonyl (C=O) groups is 2. The van der Waals surface area contributed by atoms with E-state index in [-0.39, 0.29) is 12.3 Å². The summed E-state index contributed by atoms with van der Waals surface area (Å²) < 4.78 is 0. The van der Waals surface area contributed by atoms with Crippen molar-refractivity contribution in [1.29, 1.82) is 0 Å². The fourth-order valence-electron chi connectivity index (χ4n) is 2.53.